The maximum Gasteiger partial charge on any atom is 0.251 e. The zero-order chi connectivity index (χ0) is 13.7. The average molecular weight is 279 g/mol. The van der Waals surface area contributed by atoms with Gasteiger partial charge in [0.2, 0.25) is 0 Å². The van der Waals surface area contributed by atoms with Crippen molar-refractivity contribution in [2.75, 3.05) is 24.2 Å². The van der Waals surface area contributed by atoms with Gasteiger partial charge in [0.15, 0.2) is 0 Å². The highest BCUT2D eigenvalue weighted by molar-refractivity contribution is 8.00. The van der Waals surface area contributed by atoms with E-state index in [0.717, 1.165) is 18.9 Å². The molecule has 1 saturated heterocycles. The largest absolute Gasteiger partial charge is 0.370 e. The van der Waals surface area contributed by atoms with Crippen LogP contribution in [-0.2, 0) is 0 Å². The van der Waals surface area contributed by atoms with Crippen molar-refractivity contribution in [2.24, 2.45) is 0 Å². The molecule has 0 bridgehead atoms. The van der Waals surface area contributed by atoms with Gasteiger partial charge in [-0.2, -0.15) is 11.8 Å². The highest BCUT2D eigenvalue weighted by atomic mass is 32.2. The number of anilines is 1. The molecule has 1 aromatic rings. The van der Waals surface area contributed by atoms with E-state index >= 15 is 0 Å². The van der Waals surface area contributed by atoms with Crippen LogP contribution in [0, 0.1) is 0 Å². The van der Waals surface area contributed by atoms with Gasteiger partial charge in [0.25, 0.3) is 5.91 Å². The van der Waals surface area contributed by atoms with Crippen LogP contribution in [0.5, 0.6) is 0 Å². The molecule has 1 unspecified atom stereocenters. The molecule has 1 aliphatic heterocycles. The summed E-state index contributed by atoms with van der Waals surface area (Å²) in [6.45, 7) is 5.76. The summed E-state index contributed by atoms with van der Waals surface area (Å²) >= 11 is 1.95. The predicted molar refractivity (Wildman–Crippen MR) is 80.8 cm³/mol. The summed E-state index contributed by atoms with van der Waals surface area (Å²) in [5.41, 5.74) is 0.664. The lowest BCUT2D eigenvalue weighted by Gasteiger charge is -2.22. The third-order valence-electron chi connectivity index (χ3n) is 3.30. The second kappa shape index (κ2) is 6.28. The highest BCUT2D eigenvalue weighted by Gasteiger charge is 2.29. The Morgan fingerprint density at radius 2 is 2.42 bits per heavy atom. The summed E-state index contributed by atoms with van der Waals surface area (Å²) in [5, 5.41) is 6.15. The molecular formula is C14H21N3OS. The lowest BCUT2D eigenvalue weighted by Crippen LogP contribution is -2.36. The molecule has 0 aromatic carbocycles. The summed E-state index contributed by atoms with van der Waals surface area (Å²) in [7, 11) is 0. The minimum absolute atomic E-state index is 0.0183. The molecule has 0 aliphatic carbocycles. The Balaban J connectivity index is 1.93. The Kier molecular flexibility index (Phi) is 4.69. The molecule has 2 N–H and O–H groups in total. The van der Waals surface area contributed by atoms with Gasteiger partial charge in [0.05, 0.1) is 0 Å². The van der Waals surface area contributed by atoms with Crippen molar-refractivity contribution >= 4 is 23.5 Å². The van der Waals surface area contributed by atoms with Crippen LogP contribution >= 0.6 is 11.8 Å². The van der Waals surface area contributed by atoms with Gasteiger partial charge in [-0.1, -0.05) is 0 Å². The zero-order valence-corrected chi connectivity index (χ0v) is 12.3. The van der Waals surface area contributed by atoms with E-state index in [1.165, 1.54) is 18.6 Å². The minimum Gasteiger partial charge on any atom is -0.370 e. The number of rotatable bonds is 5. The third-order valence-corrected chi connectivity index (χ3v) is 4.84. The fourth-order valence-electron chi connectivity index (χ4n) is 2.20. The van der Waals surface area contributed by atoms with Crippen molar-refractivity contribution in [3.05, 3.63) is 23.9 Å². The first-order valence-electron chi connectivity index (χ1n) is 6.75. The summed E-state index contributed by atoms with van der Waals surface area (Å²) in [6.07, 6.45) is 4.09. The second-order valence-electron chi connectivity index (χ2n) is 5.04. The monoisotopic (exact) mass is 279 g/mol. The van der Waals surface area contributed by atoms with Gasteiger partial charge in [-0.25, -0.2) is 4.98 Å². The zero-order valence-electron chi connectivity index (χ0n) is 11.5. The average Bonchev–Trinajstić information content (AvgIpc) is 2.84. The smallest absolute Gasteiger partial charge is 0.251 e. The normalized spacial score (nSPS) is 22.2. The van der Waals surface area contributed by atoms with E-state index in [1.807, 2.05) is 18.7 Å². The standard InChI is InChI=1S/C14H21N3OS/c1-3-15-12-9-11(5-7-16-12)13(18)17-10-14(2)6-4-8-19-14/h5,7,9H,3-4,6,8,10H2,1-2H3,(H,15,16)(H,17,18). The maximum absolute atomic E-state index is 12.1. The molecule has 2 heterocycles. The van der Waals surface area contributed by atoms with Gasteiger partial charge >= 0.3 is 0 Å². The number of amides is 1. The van der Waals surface area contributed by atoms with E-state index in [2.05, 4.69) is 22.5 Å². The summed E-state index contributed by atoms with van der Waals surface area (Å²) in [5.74, 6) is 1.93. The van der Waals surface area contributed by atoms with Gasteiger partial charge in [-0.15, -0.1) is 0 Å². The Labute approximate surface area is 118 Å². The van der Waals surface area contributed by atoms with E-state index in [-0.39, 0.29) is 10.7 Å². The summed E-state index contributed by atoms with van der Waals surface area (Å²) in [4.78, 5) is 16.3. The van der Waals surface area contributed by atoms with Gasteiger partial charge in [0.1, 0.15) is 5.82 Å². The molecule has 0 spiro atoms. The predicted octanol–water partition coefficient (Wildman–Crippen LogP) is 2.53. The summed E-state index contributed by atoms with van der Waals surface area (Å²) in [6, 6.07) is 3.54. The molecule has 2 rings (SSSR count). The van der Waals surface area contributed by atoms with Crippen molar-refractivity contribution in [3.63, 3.8) is 0 Å². The van der Waals surface area contributed by atoms with E-state index in [4.69, 9.17) is 0 Å². The van der Waals surface area contributed by atoms with Crippen LogP contribution in [-0.4, -0.2) is 34.5 Å². The van der Waals surface area contributed by atoms with Gasteiger partial charge in [0, 0.05) is 29.6 Å². The quantitative estimate of drug-likeness (QED) is 0.869. The summed E-state index contributed by atoms with van der Waals surface area (Å²) < 4.78 is 0.202. The first-order valence-corrected chi connectivity index (χ1v) is 7.74. The molecule has 1 amide bonds. The van der Waals surface area contributed by atoms with Crippen molar-refractivity contribution < 1.29 is 4.79 Å². The fraction of sp³-hybridized carbons (Fsp3) is 0.571. The van der Waals surface area contributed by atoms with Crippen LogP contribution in [0.3, 0.4) is 0 Å². The SMILES string of the molecule is CCNc1cc(C(=O)NCC2(C)CCCS2)ccn1. The fourth-order valence-corrected chi connectivity index (χ4v) is 3.44. The number of nitrogens with zero attached hydrogens (tertiary/aromatic N) is 1. The maximum atomic E-state index is 12.1. The molecule has 1 aromatic heterocycles. The molecular weight excluding hydrogens is 258 g/mol. The Morgan fingerprint density at radius 3 is 3.11 bits per heavy atom. The number of nitrogens with one attached hydrogen (secondary N) is 2. The van der Waals surface area contributed by atoms with Crippen molar-refractivity contribution in [2.45, 2.75) is 31.4 Å². The van der Waals surface area contributed by atoms with Crippen molar-refractivity contribution in [1.29, 1.82) is 0 Å². The molecule has 19 heavy (non-hydrogen) atoms. The van der Waals surface area contributed by atoms with Gasteiger partial charge in [-0.05, 0) is 44.6 Å². The highest BCUT2D eigenvalue weighted by Crippen LogP contribution is 2.36. The van der Waals surface area contributed by atoms with Crippen LogP contribution in [0.2, 0.25) is 0 Å². The first-order chi connectivity index (χ1) is 9.13. The van der Waals surface area contributed by atoms with Crippen LogP contribution in [0.1, 0.15) is 37.0 Å². The Morgan fingerprint density at radius 1 is 1.58 bits per heavy atom. The molecule has 0 radical (unpaired) electrons. The van der Waals surface area contributed by atoms with E-state index in [0.29, 0.717) is 5.56 Å². The molecule has 4 nitrogen and oxygen atoms in total. The molecule has 1 aliphatic rings. The van der Waals surface area contributed by atoms with Gasteiger partial charge in [-0.3, -0.25) is 4.79 Å². The number of carbonyl (C=O) groups is 1. The number of hydrogen-bond donors (Lipinski definition) is 2. The number of aromatic nitrogens is 1. The van der Waals surface area contributed by atoms with Crippen molar-refractivity contribution in [1.82, 2.24) is 10.3 Å². The van der Waals surface area contributed by atoms with E-state index in [9.17, 15) is 4.79 Å². The van der Waals surface area contributed by atoms with Crippen LogP contribution < -0.4 is 10.6 Å². The number of hydrogen-bond acceptors (Lipinski definition) is 4. The van der Waals surface area contributed by atoms with E-state index < -0.39 is 0 Å². The Bertz CT molecular complexity index is 444. The van der Waals surface area contributed by atoms with E-state index in [1.54, 1.807) is 18.3 Å². The Hall–Kier alpha value is -1.23. The lowest BCUT2D eigenvalue weighted by atomic mass is 10.1. The molecule has 0 saturated carbocycles. The lowest BCUT2D eigenvalue weighted by molar-refractivity contribution is 0.0950. The minimum atomic E-state index is -0.0183. The van der Waals surface area contributed by atoms with Crippen LogP contribution in [0.15, 0.2) is 18.3 Å². The van der Waals surface area contributed by atoms with Gasteiger partial charge < -0.3 is 10.6 Å². The third kappa shape index (κ3) is 3.86. The first kappa shape index (κ1) is 14.2. The molecule has 5 heteroatoms. The van der Waals surface area contributed by atoms with Crippen LogP contribution in [0.4, 0.5) is 5.82 Å². The molecule has 1 fully saturated rings. The second-order valence-corrected chi connectivity index (χ2v) is 6.73. The topological polar surface area (TPSA) is 54.0 Å². The number of carbonyl (C=O) groups excluding carboxylic acids is 1. The molecule has 1 atom stereocenters. The number of thioether (sulfide) groups is 1. The van der Waals surface area contributed by atoms with Crippen LogP contribution in [0.25, 0.3) is 0 Å². The van der Waals surface area contributed by atoms with Crippen molar-refractivity contribution in [3.8, 4) is 0 Å². The number of pyridine rings is 1. The molecule has 104 valence electrons.